The van der Waals surface area contributed by atoms with Crippen molar-refractivity contribution in [3.8, 4) is 0 Å². The molecule has 2 fully saturated rings. The molecule has 0 amide bonds. The van der Waals surface area contributed by atoms with Crippen molar-refractivity contribution in [2.75, 3.05) is 0 Å². The normalized spacial score (nSPS) is 29.8. The van der Waals surface area contributed by atoms with E-state index >= 15 is 0 Å². The lowest BCUT2D eigenvalue weighted by atomic mass is 9.80. The third-order valence-corrected chi connectivity index (χ3v) is 5.76. The number of hydrogen-bond acceptors (Lipinski definition) is 6. The molecule has 0 bridgehead atoms. The number of hydroxylamine groups is 4. The third-order valence-electron chi connectivity index (χ3n) is 5.76. The molecule has 0 saturated carbocycles. The minimum atomic E-state index is -0.895. The monoisotopic (exact) mass is 386 g/mol. The average molecular weight is 387 g/mol. The van der Waals surface area contributed by atoms with E-state index in [9.17, 15) is 10.2 Å². The molecule has 0 atom stereocenters. The van der Waals surface area contributed by atoms with Crippen LogP contribution in [-0.4, -0.2) is 60.5 Å². The second-order valence-corrected chi connectivity index (χ2v) is 11.5. The van der Waals surface area contributed by atoms with Crippen LogP contribution in [0.4, 0.5) is 0 Å². The van der Waals surface area contributed by atoms with E-state index in [4.69, 9.17) is 9.68 Å². The van der Waals surface area contributed by atoms with Gasteiger partial charge in [-0.15, -0.1) is 0 Å². The summed E-state index contributed by atoms with van der Waals surface area (Å²) in [5, 5.41) is 24.6. The van der Waals surface area contributed by atoms with Gasteiger partial charge in [0.2, 0.25) is 5.79 Å². The summed E-state index contributed by atoms with van der Waals surface area (Å²) >= 11 is 0. The number of piperidine rings is 2. The summed E-state index contributed by atoms with van der Waals surface area (Å²) in [6, 6.07) is 0. The molecule has 160 valence electrons. The Morgan fingerprint density at radius 1 is 0.630 bits per heavy atom. The van der Waals surface area contributed by atoms with E-state index in [2.05, 4.69) is 55.4 Å². The molecule has 2 saturated heterocycles. The van der Waals surface area contributed by atoms with Gasteiger partial charge in [-0.2, -0.15) is 10.1 Å². The van der Waals surface area contributed by atoms with Crippen LogP contribution in [0.25, 0.3) is 0 Å². The number of aliphatic hydroxyl groups is 2. The molecule has 0 spiro atoms. The summed E-state index contributed by atoms with van der Waals surface area (Å²) in [6.45, 7) is 20.6. The standard InChI is InChI=1S/C21H42N2O4/c1-17(2)11-15(24)12-18(3,4)22(17)26-21(9,10)27-23-19(5,6)13-16(25)14-20(23,7)8/h15-16,24-25H,11-14H2,1-10H3. The molecule has 0 aromatic rings. The maximum Gasteiger partial charge on any atom is 0.201 e. The van der Waals surface area contributed by atoms with Gasteiger partial charge in [0.05, 0.1) is 12.2 Å². The highest BCUT2D eigenvalue weighted by molar-refractivity contribution is 4.98. The van der Waals surface area contributed by atoms with E-state index in [0.717, 1.165) is 0 Å². The van der Waals surface area contributed by atoms with Gasteiger partial charge in [-0.1, -0.05) is 0 Å². The first-order valence-electron chi connectivity index (χ1n) is 10.2. The van der Waals surface area contributed by atoms with Gasteiger partial charge in [0, 0.05) is 22.2 Å². The molecule has 2 rings (SSSR count). The lowest BCUT2D eigenvalue weighted by Gasteiger charge is -2.57. The molecule has 2 aliphatic heterocycles. The molecule has 2 N–H and O–H groups in total. The van der Waals surface area contributed by atoms with Gasteiger partial charge in [0.1, 0.15) is 0 Å². The molecule has 6 nitrogen and oxygen atoms in total. The minimum absolute atomic E-state index is 0.315. The molecule has 0 aromatic carbocycles. The molecular weight excluding hydrogens is 344 g/mol. The van der Waals surface area contributed by atoms with Crippen LogP contribution in [0.15, 0.2) is 0 Å². The van der Waals surface area contributed by atoms with Crippen LogP contribution in [-0.2, 0) is 9.68 Å². The molecule has 27 heavy (non-hydrogen) atoms. The fourth-order valence-electron chi connectivity index (χ4n) is 5.37. The van der Waals surface area contributed by atoms with Crippen LogP contribution in [0.1, 0.15) is 94.9 Å². The van der Waals surface area contributed by atoms with Gasteiger partial charge in [-0.05, 0) is 94.9 Å². The Morgan fingerprint density at radius 3 is 1.07 bits per heavy atom. The van der Waals surface area contributed by atoms with E-state index in [1.807, 2.05) is 24.0 Å². The first-order valence-corrected chi connectivity index (χ1v) is 10.2. The molecular formula is C21H42N2O4. The van der Waals surface area contributed by atoms with Crippen LogP contribution in [0.2, 0.25) is 0 Å². The average Bonchev–Trinajstić information content (AvgIpc) is 2.36. The largest absolute Gasteiger partial charge is 0.393 e. The quantitative estimate of drug-likeness (QED) is 0.720. The maximum absolute atomic E-state index is 10.3. The lowest BCUT2D eigenvalue weighted by molar-refractivity contribution is -0.461. The van der Waals surface area contributed by atoms with E-state index in [-0.39, 0.29) is 34.4 Å². The van der Waals surface area contributed by atoms with Crippen LogP contribution < -0.4 is 0 Å². The van der Waals surface area contributed by atoms with E-state index in [1.54, 1.807) is 0 Å². The summed E-state index contributed by atoms with van der Waals surface area (Å²) in [4.78, 5) is 12.9. The number of aliphatic hydroxyl groups excluding tert-OH is 2. The molecule has 2 heterocycles. The molecule has 0 aromatic heterocycles. The SMILES string of the molecule is CC(C)(ON1C(C)(C)CC(O)CC1(C)C)ON1C(C)(C)CC(O)CC1(C)C. The minimum Gasteiger partial charge on any atom is -0.393 e. The third kappa shape index (κ3) is 5.03. The first kappa shape index (κ1) is 23.0. The number of hydrogen-bond donors (Lipinski definition) is 2. The highest BCUT2D eigenvalue weighted by Crippen LogP contribution is 2.43. The summed E-state index contributed by atoms with van der Waals surface area (Å²) < 4.78 is 0. The van der Waals surface area contributed by atoms with Crippen molar-refractivity contribution in [2.45, 2.75) is 135 Å². The highest BCUT2D eigenvalue weighted by Gasteiger charge is 2.51. The van der Waals surface area contributed by atoms with Gasteiger partial charge < -0.3 is 10.2 Å². The van der Waals surface area contributed by atoms with Crippen molar-refractivity contribution in [1.29, 1.82) is 0 Å². The first-order chi connectivity index (χ1) is 11.9. The summed E-state index contributed by atoms with van der Waals surface area (Å²) in [7, 11) is 0. The van der Waals surface area contributed by atoms with Crippen molar-refractivity contribution < 1.29 is 19.9 Å². The van der Waals surface area contributed by atoms with Crippen LogP contribution in [0, 0.1) is 0 Å². The molecule has 6 heteroatoms. The van der Waals surface area contributed by atoms with Gasteiger partial charge in [-0.25, -0.2) is 0 Å². The van der Waals surface area contributed by atoms with Crippen molar-refractivity contribution in [2.24, 2.45) is 0 Å². The predicted molar refractivity (Wildman–Crippen MR) is 107 cm³/mol. The lowest BCUT2D eigenvalue weighted by Crippen LogP contribution is -2.67. The van der Waals surface area contributed by atoms with E-state index in [1.165, 1.54) is 0 Å². The zero-order chi connectivity index (χ0) is 21.1. The van der Waals surface area contributed by atoms with E-state index < -0.39 is 5.79 Å². The fraction of sp³-hybridized carbons (Fsp3) is 1.00. The molecule has 0 unspecified atom stereocenters. The Kier molecular flexibility index (Phi) is 5.91. The summed E-state index contributed by atoms with van der Waals surface area (Å²) in [5.74, 6) is -0.895. The Morgan fingerprint density at radius 2 is 0.852 bits per heavy atom. The van der Waals surface area contributed by atoms with Gasteiger partial charge in [-0.3, -0.25) is 9.68 Å². The van der Waals surface area contributed by atoms with Crippen molar-refractivity contribution in [1.82, 2.24) is 10.1 Å². The molecule has 0 aliphatic carbocycles. The second kappa shape index (κ2) is 6.92. The predicted octanol–water partition coefficient (Wildman–Crippen LogP) is 3.61. The number of rotatable bonds is 4. The maximum atomic E-state index is 10.3. The zero-order valence-corrected chi connectivity index (χ0v) is 19.1. The Hall–Kier alpha value is -0.240. The summed E-state index contributed by atoms with van der Waals surface area (Å²) in [5.41, 5.74) is -1.26. The van der Waals surface area contributed by atoms with Crippen LogP contribution in [0.3, 0.4) is 0 Å². The second-order valence-electron chi connectivity index (χ2n) is 11.5. The Labute approximate surface area is 165 Å². The van der Waals surface area contributed by atoms with Crippen molar-refractivity contribution >= 4 is 0 Å². The molecule has 2 aliphatic rings. The topological polar surface area (TPSA) is 65.4 Å². The highest BCUT2D eigenvalue weighted by atomic mass is 16.9. The summed E-state index contributed by atoms with van der Waals surface area (Å²) in [6.07, 6.45) is 1.94. The number of nitrogens with zero attached hydrogens (tertiary/aromatic N) is 2. The van der Waals surface area contributed by atoms with Crippen molar-refractivity contribution in [3.05, 3.63) is 0 Å². The van der Waals surface area contributed by atoms with Gasteiger partial charge in [0.15, 0.2) is 0 Å². The Balaban J connectivity index is 2.23. The van der Waals surface area contributed by atoms with E-state index in [0.29, 0.717) is 25.7 Å². The van der Waals surface area contributed by atoms with Crippen molar-refractivity contribution in [3.63, 3.8) is 0 Å². The van der Waals surface area contributed by atoms with Gasteiger partial charge in [0.25, 0.3) is 0 Å². The Bertz CT molecular complexity index is 460. The fourth-order valence-corrected chi connectivity index (χ4v) is 5.37. The van der Waals surface area contributed by atoms with Crippen LogP contribution in [0.5, 0.6) is 0 Å². The zero-order valence-electron chi connectivity index (χ0n) is 19.1. The van der Waals surface area contributed by atoms with Crippen LogP contribution >= 0.6 is 0 Å². The molecule has 0 radical (unpaired) electrons. The smallest absolute Gasteiger partial charge is 0.201 e. The van der Waals surface area contributed by atoms with Gasteiger partial charge >= 0.3 is 0 Å².